The summed E-state index contributed by atoms with van der Waals surface area (Å²) in [5.74, 6) is 1.75. The SMILES string of the molecule is CCCCCCCCCc1ccc(OP(=O)([O-])OCC(CC)CCCC)cc1.CCCCCCCCCc1ccc(OP(=O)([O-])OCC(CC)CCCC)cc1.CCCCCCCCCc1ccc(OP(=O)([O-])OCC(CC)CCCC)cc1.[Fe+3]. The van der Waals surface area contributed by atoms with Crippen molar-refractivity contribution in [1.82, 2.24) is 0 Å². The van der Waals surface area contributed by atoms with Crippen molar-refractivity contribution in [2.45, 2.75) is 293 Å². The van der Waals surface area contributed by atoms with Gasteiger partial charge in [-0.25, -0.2) is 0 Å². The summed E-state index contributed by atoms with van der Waals surface area (Å²) in [5, 5.41) is 0. The molecule has 0 spiro atoms. The van der Waals surface area contributed by atoms with Crippen LogP contribution in [0.1, 0.15) is 291 Å². The molecule has 0 amide bonds. The van der Waals surface area contributed by atoms with Gasteiger partial charge in [0.2, 0.25) is 0 Å². The molecule has 3 aromatic carbocycles. The molecule has 0 aliphatic rings. The van der Waals surface area contributed by atoms with Crippen molar-refractivity contribution < 1.29 is 72.6 Å². The fraction of sp³-hybridized carbons (Fsp3) is 0.739. The average Bonchev–Trinajstić information content (AvgIpc) is 3.69. The number of rotatable bonds is 51. The topological polar surface area (TPSA) is 176 Å². The van der Waals surface area contributed by atoms with E-state index in [9.17, 15) is 28.4 Å². The van der Waals surface area contributed by atoms with Gasteiger partial charge in [-0.3, -0.25) is 13.7 Å². The van der Waals surface area contributed by atoms with E-state index in [0.29, 0.717) is 17.2 Å². The summed E-state index contributed by atoms with van der Waals surface area (Å²) in [6, 6.07) is 22.0. The Morgan fingerprint density at radius 1 is 0.306 bits per heavy atom. The van der Waals surface area contributed by atoms with Gasteiger partial charge in [-0.1, -0.05) is 272 Å². The third-order valence-electron chi connectivity index (χ3n) is 15.7. The van der Waals surface area contributed by atoms with E-state index in [-0.39, 0.29) is 54.6 Å². The molecule has 1 radical (unpaired) electrons. The molecule has 0 saturated carbocycles. The van der Waals surface area contributed by atoms with Gasteiger partial charge in [-0.05, 0) is 129 Å². The molecule has 6 atom stereocenters. The van der Waals surface area contributed by atoms with Gasteiger partial charge in [0.15, 0.2) is 0 Å². The van der Waals surface area contributed by atoms with Gasteiger partial charge in [0.1, 0.15) is 17.2 Å². The van der Waals surface area contributed by atoms with E-state index in [1.54, 1.807) is 36.4 Å². The summed E-state index contributed by atoms with van der Waals surface area (Å²) < 4.78 is 66.9. The molecule has 3 aromatic rings. The first-order chi connectivity index (χ1) is 40.5. The van der Waals surface area contributed by atoms with E-state index in [4.69, 9.17) is 27.1 Å². The van der Waals surface area contributed by atoms with Gasteiger partial charge in [0, 0.05) is 0 Å². The van der Waals surface area contributed by atoms with Gasteiger partial charge >= 0.3 is 40.5 Å². The van der Waals surface area contributed by atoms with E-state index in [0.717, 1.165) is 96.3 Å². The van der Waals surface area contributed by atoms with Crippen molar-refractivity contribution >= 4 is 23.5 Å². The minimum atomic E-state index is -4.32. The standard InChI is InChI=1S/3C23H41O4P.Fe/c3*1-4-7-9-10-11-12-13-15-22-16-18-23(19-17-22)27-28(24,25)26-20-21(6-3)14-8-5-2;/h3*16-19,21H,4-15,20H2,1-3H3,(H,24,25);/q;;;+3/p-3. The van der Waals surface area contributed by atoms with Crippen LogP contribution in [-0.2, 0) is 63.6 Å². The summed E-state index contributed by atoms with van der Waals surface area (Å²) in [4.78, 5) is 36.2. The summed E-state index contributed by atoms with van der Waals surface area (Å²) in [6.07, 6.45) is 42.4. The van der Waals surface area contributed by atoms with Gasteiger partial charge < -0.3 is 41.8 Å². The molecule has 0 aliphatic heterocycles. The molecule has 6 unspecified atom stereocenters. The molecule has 12 nitrogen and oxygen atoms in total. The van der Waals surface area contributed by atoms with Crippen LogP contribution in [0.25, 0.3) is 0 Å². The van der Waals surface area contributed by atoms with Crippen molar-refractivity contribution in [3.63, 3.8) is 0 Å². The fourth-order valence-electron chi connectivity index (χ4n) is 9.76. The molecule has 0 saturated heterocycles. The van der Waals surface area contributed by atoms with E-state index in [2.05, 4.69) is 62.3 Å². The Balaban J connectivity index is 0.00000124. The zero-order valence-electron chi connectivity index (χ0n) is 54.8. The van der Waals surface area contributed by atoms with E-state index in [1.807, 2.05) is 36.4 Å². The molecule has 0 aromatic heterocycles. The summed E-state index contributed by atoms with van der Waals surface area (Å²) >= 11 is 0. The molecule has 0 aliphatic carbocycles. The van der Waals surface area contributed by atoms with Crippen LogP contribution >= 0.6 is 23.5 Å². The monoisotopic (exact) mass is 1290 g/mol. The van der Waals surface area contributed by atoms with Crippen LogP contribution in [0.3, 0.4) is 0 Å². The molecule has 85 heavy (non-hydrogen) atoms. The van der Waals surface area contributed by atoms with Crippen molar-refractivity contribution in [3.8, 4) is 17.2 Å². The van der Waals surface area contributed by atoms with Gasteiger partial charge in [0.05, 0.1) is 19.8 Å². The van der Waals surface area contributed by atoms with Gasteiger partial charge in [0.25, 0.3) is 0 Å². The van der Waals surface area contributed by atoms with Crippen LogP contribution < -0.4 is 28.3 Å². The number of unbranched alkanes of at least 4 members (excludes halogenated alkanes) is 21. The Hall–Kier alpha value is -1.97. The molecular weight excluding hydrogens is 1170 g/mol. The smallest absolute Gasteiger partial charge is 0.746 e. The Morgan fingerprint density at radius 2 is 0.506 bits per heavy atom. The first-order valence-corrected chi connectivity index (χ1v) is 38.1. The van der Waals surface area contributed by atoms with Crippen molar-refractivity contribution in [2.75, 3.05) is 19.8 Å². The Labute approximate surface area is 530 Å². The largest absolute Gasteiger partial charge is 3.00 e. The summed E-state index contributed by atoms with van der Waals surface area (Å²) in [7, 11) is -13.0. The number of hydrogen-bond donors (Lipinski definition) is 0. The van der Waals surface area contributed by atoms with Crippen LogP contribution in [0.5, 0.6) is 17.2 Å². The van der Waals surface area contributed by atoms with Crippen molar-refractivity contribution in [1.29, 1.82) is 0 Å². The van der Waals surface area contributed by atoms with E-state index in [1.165, 1.54) is 152 Å². The maximum Gasteiger partial charge on any atom is 3.00 e. The van der Waals surface area contributed by atoms with Gasteiger partial charge in [-0.2, -0.15) is 0 Å². The molecule has 16 heteroatoms. The third kappa shape index (κ3) is 46.7. The number of phosphoric acid groups is 3. The molecule has 3 rings (SSSR count). The second-order valence-electron chi connectivity index (χ2n) is 23.3. The predicted octanol–water partition coefficient (Wildman–Crippen LogP) is 21.2. The summed E-state index contributed by atoms with van der Waals surface area (Å²) in [5.41, 5.74) is 3.65. The van der Waals surface area contributed by atoms with E-state index < -0.39 is 23.5 Å². The molecular formula is C69H120FeO12P3. The molecule has 0 N–H and O–H groups in total. The second-order valence-corrected chi connectivity index (χ2v) is 27.3. The van der Waals surface area contributed by atoms with Crippen molar-refractivity contribution in [2.24, 2.45) is 17.8 Å². The number of hydrogen-bond acceptors (Lipinski definition) is 12. The zero-order valence-corrected chi connectivity index (χ0v) is 58.6. The molecule has 491 valence electrons. The first kappa shape index (κ1) is 83.0. The third-order valence-corrected chi connectivity index (χ3v) is 18.4. The molecule has 0 fully saturated rings. The van der Waals surface area contributed by atoms with Crippen LogP contribution in [0.4, 0.5) is 0 Å². The fourth-order valence-corrected chi connectivity index (χ4v) is 12.2. The number of aryl methyl sites for hydroxylation is 3. The van der Waals surface area contributed by atoms with E-state index >= 15 is 0 Å². The Morgan fingerprint density at radius 3 is 0.706 bits per heavy atom. The van der Waals surface area contributed by atoms with Crippen LogP contribution in [-0.4, -0.2) is 19.8 Å². The second kappa shape index (κ2) is 53.8. The quantitative estimate of drug-likeness (QED) is 0.0297. The Bertz CT molecular complexity index is 1880. The minimum Gasteiger partial charge on any atom is -0.746 e. The van der Waals surface area contributed by atoms with Crippen molar-refractivity contribution in [3.05, 3.63) is 89.5 Å². The Kier molecular flexibility index (Phi) is 52.6. The summed E-state index contributed by atoms with van der Waals surface area (Å²) in [6.45, 7) is 19.9. The average molecular weight is 1290 g/mol. The maximum atomic E-state index is 12.1. The normalized spacial score (nSPS) is 14.4. The van der Waals surface area contributed by atoms with Crippen LogP contribution in [0.2, 0.25) is 0 Å². The number of phosphoric ester groups is 3. The van der Waals surface area contributed by atoms with Crippen LogP contribution in [0, 0.1) is 17.8 Å². The maximum absolute atomic E-state index is 12.1. The van der Waals surface area contributed by atoms with Crippen LogP contribution in [0.15, 0.2) is 72.8 Å². The molecule has 0 bridgehead atoms. The molecule has 0 heterocycles. The predicted molar refractivity (Wildman–Crippen MR) is 347 cm³/mol. The minimum absolute atomic E-state index is 0. The zero-order chi connectivity index (χ0) is 62.0. The van der Waals surface area contributed by atoms with Gasteiger partial charge in [-0.15, -0.1) is 0 Å². The number of benzene rings is 3. The first-order valence-electron chi connectivity index (χ1n) is 33.7.